The maximum absolute atomic E-state index is 15.6. The van der Waals surface area contributed by atoms with Gasteiger partial charge in [-0.15, -0.1) is 13.2 Å². The van der Waals surface area contributed by atoms with Crippen LogP contribution in [0.4, 0.5) is 22.0 Å². The fourth-order valence-electron chi connectivity index (χ4n) is 4.53. The topological polar surface area (TPSA) is 50.8 Å². The van der Waals surface area contributed by atoms with Crippen molar-refractivity contribution in [3.05, 3.63) is 57.9 Å². The van der Waals surface area contributed by atoms with Gasteiger partial charge in [0.15, 0.2) is 0 Å². The quantitative estimate of drug-likeness (QED) is 0.235. The molecule has 3 aliphatic rings. The molecule has 39 heavy (non-hydrogen) atoms. The minimum atomic E-state index is -4.83. The molecule has 0 atom stereocenters. The van der Waals surface area contributed by atoms with Gasteiger partial charge in [-0.3, -0.25) is 14.4 Å². The number of rotatable bonds is 10. The third-order valence-electron chi connectivity index (χ3n) is 7.07. The number of benzene rings is 2. The van der Waals surface area contributed by atoms with E-state index in [-0.39, 0.29) is 41.7 Å². The maximum Gasteiger partial charge on any atom is 0.573 e. The molecular formula is C27H28ClF5N2O3S. The van der Waals surface area contributed by atoms with Crippen LogP contribution in [-0.4, -0.2) is 47.8 Å². The summed E-state index contributed by atoms with van der Waals surface area (Å²) >= 11 is 7.25. The van der Waals surface area contributed by atoms with Crippen molar-refractivity contribution in [2.45, 2.75) is 68.3 Å². The predicted octanol–water partition coefficient (Wildman–Crippen LogP) is 7.18. The summed E-state index contributed by atoms with van der Waals surface area (Å²) in [6.07, 6.45) is -0.587. The Balaban J connectivity index is 1.16. The highest BCUT2D eigenvalue weighted by molar-refractivity contribution is 7.98. The number of nitrogens with one attached hydrogen (secondary N) is 1. The van der Waals surface area contributed by atoms with Gasteiger partial charge in [-0.05, 0) is 85.7 Å². The summed E-state index contributed by atoms with van der Waals surface area (Å²) in [5, 5.41) is 0.241. The number of carbonyl (C=O) groups is 1. The summed E-state index contributed by atoms with van der Waals surface area (Å²) in [4.78, 5) is 14.5. The second kappa shape index (κ2) is 11.3. The van der Waals surface area contributed by atoms with Gasteiger partial charge >= 0.3 is 6.36 Å². The van der Waals surface area contributed by atoms with Gasteiger partial charge in [-0.1, -0.05) is 17.7 Å². The lowest BCUT2D eigenvalue weighted by atomic mass is 9.93. The molecule has 2 aromatic rings. The van der Waals surface area contributed by atoms with Crippen LogP contribution < -0.4 is 14.2 Å². The van der Waals surface area contributed by atoms with E-state index in [0.717, 1.165) is 31.2 Å². The lowest BCUT2D eigenvalue weighted by Crippen LogP contribution is -2.44. The standard InChI is InChI=1S/C27H28ClF5N2O3S/c28-21-11-16(1-6-23(21)38-27(31,32)33)14-35-9-7-26(30,8-10-35)15-37-24-13-22(29)20(12-19(24)17-2-3-17)25(36)34-39-18-4-5-18/h1,6,11-13,17-18H,2-5,7-10,14-15H2,(H,34,36). The van der Waals surface area contributed by atoms with Crippen LogP contribution in [0.2, 0.25) is 5.02 Å². The van der Waals surface area contributed by atoms with Gasteiger partial charge in [0, 0.05) is 31.0 Å². The molecule has 1 heterocycles. The Morgan fingerprint density at radius 2 is 1.82 bits per heavy atom. The fraction of sp³-hybridized carbons (Fsp3) is 0.519. The summed E-state index contributed by atoms with van der Waals surface area (Å²) in [5.41, 5.74) is -0.235. The number of hydrogen-bond donors (Lipinski definition) is 1. The maximum atomic E-state index is 15.6. The second-order valence-corrected chi connectivity index (χ2v) is 11.9. The first kappa shape index (κ1) is 28.3. The molecule has 0 aromatic heterocycles. The van der Waals surface area contributed by atoms with Crippen molar-refractivity contribution in [3.8, 4) is 11.5 Å². The predicted molar refractivity (Wildman–Crippen MR) is 138 cm³/mol. The van der Waals surface area contributed by atoms with Crippen LogP contribution in [0.5, 0.6) is 11.5 Å². The van der Waals surface area contributed by atoms with Gasteiger partial charge in [0.2, 0.25) is 0 Å². The largest absolute Gasteiger partial charge is 0.573 e. The Hall–Kier alpha value is -2.24. The van der Waals surface area contributed by atoms with E-state index < -0.39 is 29.5 Å². The summed E-state index contributed by atoms with van der Waals surface area (Å²) in [7, 11) is 0. The molecule has 12 heteroatoms. The summed E-state index contributed by atoms with van der Waals surface area (Å²) in [6.45, 7) is 0.959. The highest BCUT2D eigenvalue weighted by atomic mass is 35.5. The SMILES string of the molecule is O=C(NSC1CC1)c1cc(C2CC2)c(OCC2(F)CCN(Cc3ccc(OC(F)(F)F)c(Cl)c3)CC2)cc1F. The van der Waals surface area contributed by atoms with Crippen molar-refractivity contribution in [2.24, 2.45) is 0 Å². The number of amides is 1. The third kappa shape index (κ3) is 7.70. The van der Waals surface area contributed by atoms with Crippen LogP contribution in [-0.2, 0) is 6.54 Å². The average molecular weight is 591 g/mol. The molecule has 5 nitrogen and oxygen atoms in total. The van der Waals surface area contributed by atoms with Crippen LogP contribution >= 0.6 is 23.5 Å². The zero-order valence-electron chi connectivity index (χ0n) is 21.0. The summed E-state index contributed by atoms with van der Waals surface area (Å²) in [5.74, 6) is -1.20. The van der Waals surface area contributed by atoms with Crippen molar-refractivity contribution in [2.75, 3.05) is 19.7 Å². The molecule has 1 saturated heterocycles. The minimum Gasteiger partial charge on any atom is -0.490 e. The van der Waals surface area contributed by atoms with E-state index in [1.165, 1.54) is 42.3 Å². The van der Waals surface area contributed by atoms with E-state index in [9.17, 15) is 22.4 Å². The molecule has 212 valence electrons. The lowest BCUT2D eigenvalue weighted by Gasteiger charge is -2.36. The number of piperidine rings is 1. The van der Waals surface area contributed by atoms with E-state index in [1.54, 1.807) is 0 Å². The first-order chi connectivity index (χ1) is 18.5. The molecular weight excluding hydrogens is 563 g/mol. The van der Waals surface area contributed by atoms with Crippen LogP contribution in [0, 0.1) is 5.82 Å². The highest BCUT2D eigenvalue weighted by Crippen LogP contribution is 2.46. The van der Waals surface area contributed by atoms with Crippen molar-refractivity contribution >= 4 is 29.5 Å². The minimum absolute atomic E-state index is 0.0289. The Kier molecular flexibility index (Phi) is 8.22. The molecule has 1 N–H and O–H groups in total. The van der Waals surface area contributed by atoms with Crippen LogP contribution in [0.1, 0.15) is 65.9 Å². The highest BCUT2D eigenvalue weighted by Gasteiger charge is 2.37. The van der Waals surface area contributed by atoms with Crippen LogP contribution in [0.25, 0.3) is 0 Å². The monoisotopic (exact) mass is 590 g/mol. The number of likely N-dealkylation sites (tertiary alicyclic amines) is 1. The van der Waals surface area contributed by atoms with Crippen LogP contribution in [0.3, 0.4) is 0 Å². The molecule has 2 aliphatic carbocycles. The smallest absolute Gasteiger partial charge is 0.490 e. The van der Waals surface area contributed by atoms with E-state index in [0.29, 0.717) is 30.4 Å². The molecule has 2 aromatic carbocycles. The number of hydrogen-bond acceptors (Lipinski definition) is 5. The molecule has 0 unspecified atom stereocenters. The van der Waals surface area contributed by atoms with Gasteiger partial charge in [0.1, 0.15) is 29.6 Å². The van der Waals surface area contributed by atoms with E-state index in [1.807, 2.05) is 4.90 Å². The molecule has 3 fully saturated rings. The number of alkyl halides is 4. The Bertz CT molecular complexity index is 1210. The number of carbonyl (C=O) groups excluding carboxylic acids is 1. The van der Waals surface area contributed by atoms with Crippen molar-refractivity contribution in [3.63, 3.8) is 0 Å². The Morgan fingerprint density at radius 1 is 1.10 bits per heavy atom. The van der Waals surface area contributed by atoms with Gasteiger partial charge in [-0.2, -0.15) is 0 Å². The van der Waals surface area contributed by atoms with Gasteiger partial charge in [0.25, 0.3) is 5.91 Å². The second-order valence-electron chi connectivity index (χ2n) is 10.4. The number of halogens is 6. The summed E-state index contributed by atoms with van der Waals surface area (Å²) < 4.78 is 80.3. The fourth-order valence-corrected chi connectivity index (χ4v) is 5.53. The van der Waals surface area contributed by atoms with E-state index >= 15 is 4.39 Å². The first-order valence-corrected chi connectivity index (χ1v) is 14.1. The van der Waals surface area contributed by atoms with Gasteiger partial charge < -0.3 is 9.47 Å². The number of nitrogens with zero attached hydrogens (tertiary/aromatic N) is 1. The molecule has 2 saturated carbocycles. The normalized spacial score (nSPS) is 19.5. The van der Waals surface area contributed by atoms with E-state index in [4.69, 9.17) is 16.3 Å². The lowest BCUT2D eigenvalue weighted by molar-refractivity contribution is -0.274. The van der Waals surface area contributed by atoms with Crippen molar-refractivity contribution in [1.29, 1.82) is 0 Å². The van der Waals surface area contributed by atoms with E-state index in [2.05, 4.69) is 9.46 Å². The third-order valence-corrected chi connectivity index (χ3v) is 8.47. The molecule has 0 bridgehead atoms. The zero-order valence-corrected chi connectivity index (χ0v) is 22.5. The molecule has 1 aliphatic heterocycles. The molecule has 1 amide bonds. The van der Waals surface area contributed by atoms with Gasteiger partial charge in [0.05, 0.1) is 10.6 Å². The molecule has 0 radical (unpaired) electrons. The van der Waals surface area contributed by atoms with Crippen LogP contribution in [0.15, 0.2) is 30.3 Å². The van der Waals surface area contributed by atoms with Gasteiger partial charge in [-0.25, -0.2) is 8.78 Å². The Morgan fingerprint density at radius 3 is 2.44 bits per heavy atom. The van der Waals surface area contributed by atoms with Crippen molar-refractivity contribution in [1.82, 2.24) is 9.62 Å². The average Bonchev–Trinajstić information content (AvgIpc) is 3.79. The molecule has 5 rings (SSSR count). The first-order valence-electron chi connectivity index (χ1n) is 12.9. The zero-order chi connectivity index (χ0) is 27.8. The van der Waals surface area contributed by atoms with Crippen molar-refractivity contribution < 1.29 is 36.2 Å². The number of ether oxygens (including phenoxy) is 2. The Labute approximate surface area is 232 Å². The summed E-state index contributed by atoms with van der Waals surface area (Å²) in [6, 6.07) is 6.80. The molecule has 0 spiro atoms.